The zero-order chi connectivity index (χ0) is 11.4. The molecule has 0 aromatic carbocycles. The second-order valence-corrected chi connectivity index (χ2v) is 4.56. The Hall–Kier alpha value is -0.650. The fourth-order valence-electron chi connectivity index (χ4n) is 2.78. The molecule has 1 aliphatic heterocycles. The number of carbonyl (C=O) groups excluding carboxylic acids is 1. The molecule has 1 amide bonds. The number of ether oxygens (including phenoxy) is 2. The third-order valence-corrected chi connectivity index (χ3v) is 3.61. The van der Waals surface area contributed by atoms with Crippen molar-refractivity contribution in [3.05, 3.63) is 0 Å². The van der Waals surface area contributed by atoms with E-state index in [2.05, 4.69) is 5.43 Å². The van der Waals surface area contributed by atoms with Crippen molar-refractivity contribution in [1.29, 1.82) is 0 Å². The summed E-state index contributed by atoms with van der Waals surface area (Å²) < 4.78 is 11.5. The average Bonchev–Trinajstić information content (AvgIpc) is 2.77. The van der Waals surface area contributed by atoms with Crippen molar-refractivity contribution >= 4 is 5.91 Å². The number of hydrogen-bond acceptors (Lipinski definition) is 4. The molecule has 0 radical (unpaired) electrons. The van der Waals surface area contributed by atoms with Crippen LogP contribution in [0.3, 0.4) is 0 Å². The van der Waals surface area contributed by atoms with Gasteiger partial charge in [0.15, 0.2) is 5.79 Å². The van der Waals surface area contributed by atoms with Gasteiger partial charge in [-0.25, -0.2) is 5.84 Å². The van der Waals surface area contributed by atoms with Gasteiger partial charge in [0.1, 0.15) is 0 Å². The summed E-state index contributed by atoms with van der Waals surface area (Å²) in [5.41, 5.74) is 2.16. The molecule has 2 fully saturated rings. The first kappa shape index (κ1) is 11.8. The zero-order valence-corrected chi connectivity index (χ0v) is 9.54. The van der Waals surface area contributed by atoms with Crippen molar-refractivity contribution in [3.8, 4) is 0 Å². The second kappa shape index (κ2) is 5.12. The fourth-order valence-corrected chi connectivity index (χ4v) is 2.78. The minimum absolute atomic E-state index is 0.112. The van der Waals surface area contributed by atoms with Gasteiger partial charge < -0.3 is 9.47 Å². The number of carbonyl (C=O) groups is 1. The summed E-state index contributed by atoms with van der Waals surface area (Å²) in [5, 5.41) is 0. The number of nitrogens with two attached hydrogens (primary N) is 1. The van der Waals surface area contributed by atoms with Gasteiger partial charge in [-0.1, -0.05) is 6.42 Å². The van der Waals surface area contributed by atoms with Crippen molar-refractivity contribution in [2.75, 3.05) is 13.2 Å². The lowest BCUT2D eigenvalue weighted by molar-refractivity contribution is -0.213. The molecule has 1 saturated heterocycles. The lowest BCUT2D eigenvalue weighted by Crippen LogP contribution is -2.42. The number of rotatable bonds is 3. The third kappa shape index (κ3) is 2.36. The summed E-state index contributed by atoms with van der Waals surface area (Å²) >= 11 is 0. The summed E-state index contributed by atoms with van der Waals surface area (Å²) in [4.78, 5) is 11.1. The Kier molecular flexibility index (Phi) is 3.78. The van der Waals surface area contributed by atoms with Gasteiger partial charge in [0.05, 0.1) is 13.2 Å². The maximum Gasteiger partial charge on any atom is 0.233 e. The minimum atomic E-state index is -0.396. The van der Waals surface area contributed by atoms with E-state index in [0.29, 0.717) is 25.6 Å². The molecule has 0 bridgehead atoms. The summed E-state index contributed by atoms with van der Waals surface area (Å²) in [5.74, 6) is 4.90. The van der Waals surface area contributed by atoms with E-state index in [1.54, 1.807) is 0 Å². The highest BCUT2D eigenvalue weighted by Crippen LogP contribution is 2.42. The molecule has 5 nitrogen and oxygen atoms in total. The lowest BCUT2D eigenvalue weighted by Gasteiger charge is -2.39. The Morgan fingerprint density at radius 1 is 1.38 bits per heavy atom. The first-order valence-electron chi connectivity index (χ1n) is 6.04. The summed E-state index contributed by atoms with van der Waals surface area (Å²) in [6.07, 6.45) is 5.64. The molecular formula is C11H20N2O3. The van der Waals surface area contributed by atoms with E-state index in [1.165, 1.54) is 6.42 Å². The molecule has 2 aliphatic rings. The molecule has 1 aliphatic carbocycles. The standard InChI is InChI=1S/C11H20N2O3/c12-13-10(14)5-4-9-3-1-2-6-11(9)15-7-8-16-11/h9H,1-8,12H2,(H,13,14). The predicted octanol–water partition coefficient (Wildman–Crippen LogP) is 0.690. The number of amides is 1. The van der Waals surface area contributed by atoms with E-state index in [0.717, 1.165) is 25.7 Å². The van der Waals surface area contributed by atoms with Crippen LogP contribution in [0.4, 0.5) is 0 Å². The van der Waals surface area contributed by atoms with Crippen LogP contribution in [0.15, 0.2) is 0 Å². The van der Waals surface area contributed by atoms with Gasteiger partial charge in [-0.05, 0) is 19.3 Å². The smallest absolute Gasteiger partial charge is 0.233 e. The molecule has 1 heterocycles. The SMILES string of the molecule is NNC(=O)CCC1CCCCC12OCCO2. The number of hydrogen-bond donors (Lipinski definition) is 2. The van der Waals surface area contributed by atoms with Crippen LogP contribution >= 0.6 is 0 Å². The van der Waals surface area contributed by atoms with Gasteiger partial charge in [0.25, 0.3) is 0 Å². The van der Waals surface area contributed by atoms with Crippen molar-refractivity contribution < 1.29 is 14.3 Å². The Labute approximate surface area is 95.6 Å². The van der Waals surface area contributed by atoms with Gasteiger partial charge >= 0.3 is 0 Å². The van der Waals surface area contributed by atoms with E-state index >= 15 is 0 Å². The average molecular weight is 228 g/mol. The first-order valence-corrected chi connectivity index (χ1v) is 6.04. The van der Waals surface area contributed by atoms with Crippen LogP contribution < -0.4 is 11.3 Å². The molecule has 5 heteroatoms. The fraction of sp³-hybridized carbons (Fsp3) is 0.909. The molecule has 0 aromatic rings. The van der Waals surface area contributed by atoms with E-state index in [4.69, 9.17) is 15.3 Å². The van der Waals surface area contributed by atoms with Crippen molar-refractivity contribution in [2.24, 2.45) is 11.8 Å². The lowest BCUT2D eigenvalue weighted by atomic mass is 9.80. The maximum absolute atomic E-state index is 11.1. The molecule has 2 rings (SSSR count). The highest BCUT2D eigenvalue weighted by molar-refractivity contribution is 5.75. The highest BCUT2D eigenvalue weighted by Gasteiger charge is 2.45. The van der Waals surface area contributed by atoms with Crippen LogP contribution in [-0.2, 0) is 14.3 Å². The van der Waals surface area contributed by atoms with Crippen LogP contribution in [0.1, 0.15) is 38.5 Å². The molecule has 1 unspecified atom stereocenters. The monoisotopic (exact) mass is 228 g/mol. The molecule has 1 saturated carbocycles. The molecular weight excluding hydrogens is 208 g/mol. The Balaban J connectivity index is 1.92. The van der Waals surface area contributed by atoms with Gasteiger partial charge in [-0.15, -0.1) is 0 Å². The Bertz CT molecular complexity index is 252. The number of nitrogens with one attached hydrogen (secondary N) is 1. The van der Waals surface area contributed by atoms with Crippen LogP contribution in [0.25, 0.3) is 0 Å². The van der Waals surface area contributed by atoms with E-state index in [1.807, 2.05) is 0 Å². The van der Waals surface area contributed by atoms with E-state index in [-0.39, 0.29) is 5.91 Å². The molecule has 1 atom stereocenters. The van der Waals surface area contributed by atoms with Gasteiger partial charge in [-0.3, -0.25) is 10.2 Å². The second-order valence-electron chi connectivity index (χ2n) is 4.56. The topological polar surface area (TPSA) is 73.6 Å². The minimum Gasteiger partial charge on any atom is -0.347 e. The maximum atomic E-state index is 11.1. The quantitative estimate of drug-likeness (QED) is 0.423. The van der Waals surface area contributed by atoms with Crippen LogP contribution in [0.5, 0.6) is 0 Å². The predicted molar refractivity (Wildman–Crippen MR) is 58.2 cm³/mol. The normalized spacial score (nSPS) is 28.2. The van der Waals surface area contributed by atoms with Crippen molar-refractivity contribution in [2.45, 2.75) is 44.3 Å². The molecule has 3 N–H and O–H groups in total. The summed E-state index contributed by atoms with van der Waals surface area (Å²) in [6.45, 7) is 1.36. The third-order valence-electron chi connectivity index (χ3n) is 3.61. The zero-order valence-electron chi connectivity index (χ0n) is 9.54. The number of hydrazine groups is 1. The van der Waals surface area contributed by atoms with Crippen molar-refractivity contribution in [1.82, 2.24) is 5.43 Å². The largest absolute Gasteiger partial charge is 0.347 e. The van der Waals surface area contributed by atoms with Crippen LogP contribution in [0.2, 0.25) is 0 Å². The van der Waals surface area contributed by atoms with Gasteiger partial charge in [0, 0.05) is 18.8 Å². The van der Waals surface area contributed by atoms with Gasteiger partial charge in [-0.2, -0.15) is 0 Å². The van der Waals surface area contributed by atoms with Crippen LogP contribution in [0, 0.1) is 5.92 Å². The van der Waals surface area contributed by atoms with Crippen molar-refractivity contribution in [3.63, 3.8) is 0 Å². The Morgan fingerprint density at radius 2 is 2.12 bits per heavy atom. The summed E-state index contributed by atoms with van der Waals surface area (Å²) in [7, 11) is 0. The Morgan fingerprint density at radius 3 is 2.81 bits per heavy atom. The highest BCUT2D eigenvalue weighted by atomic mass is 16.7. The van der Waals surface area contributed by atoms with E-state index < -0.39 is 5.79 Å². The molecule has 1 spiro atoms. The molecule has 92 valence electrons. The van der Waals surface area contributed by atoms with E-state index in [9.17, 15) is 4.79 Å². The van der Waals surface area contributed by atoms with Crippen LogP contribution in [-0.4, -0.2) is 24.9 Å². The molecule has 0 aromatic heterocycles. The first-order chi connectivity index (χ1) is 7.77. The molecule has 16 heavy (non-hydrogen) atoms. The van der Waals surface area contributed by atoms with Gasteiger partial charge in [0.2, 0.25) is 5.91 Å². The summed E-state index contributed by atoms with van der Waals surface area (Å²) in [6, 6.07) is 0.